The van der Waals surface area contributed by atoms with Gasteiger partial charge in [0.15, 0.2) is 5.82 Å². The van der Waals surface area contributed by atoms with Crippen molar-refractivity contribution in [2.75, 3.05) is 23.8 Å². The zero-order valence-electron chi connectivity index (χ0n) is 10.7. The Labute approximate surface area is 117 Å². The van der Waals surface area contributed by atoms with Gasteiger partial charge in [0.1, 0.15) is 5.02 Å². The first kappa shape index (κ1) is 12.2. The Hall–Kier alpha value is -1.81. The van der Waals surface area contributed by atoms with Crippen molar-refractivity contribution in [2.45, 2.75) is 12.8 Å². The number of aromatic nitrogens is 2. The van der Waals surface area contributed by atoms with E-state index in [1.807, 2.05) is 6.07 Å². The fourth-order valence-corrected chi connectivity index (χ4v) is 2.61. The third-order valence-electron chi connectivity index (χ3n) is 3.32. The molecule has 1 aromatic heterocycles. The van der Waals surface area contributed by atoms with Crippen LogP contribution in [0.1, 0.15) is 12.0 Å². The van der Waals surface area contributed by atoms with Crippen LogP contribution < -0.4 is 10.2 Å². The highest BCUT2D eigenvalue weighted by Gasteiger charge is 2.21. The Morgan fingerprint density at radius 1 is 1.32 bits per heavy atom. The van der Waals surface area contributed by atoms with Crippen LogP contribution in [-0.4, -0.2) is 23.6 Å². The highest BCUT2D eigenvalue weighted by atomic mass is 35.5. The van der Waals surface area contributed by atoms with Crippen LogP contribution in [0, 0.1) is 0 Å². The normalized spacial score (nSPS) is 14.1. The number of aryl methyl sites for hydroxylation is 1. The van der Waals surface area contributed by atoms with Gasteiger partial charge >= 0.3 is 0 Å². The van der Waals surface area contributed by atoms with Crippen molar-refractivity contribution >= 4 is 29.1 Å². The van der Waals surface area contributed by atoms with Crippen LogP contribution in [-0.2, 0) is 6.42 Å². The average molecular weight is 275 g/mol. The topological polar surface area (TPSA) is 41.1 Å². The molecule has 0 aliphatic carbocycles. The maximum atomic E-state index is 6.26. The second-order valence-corrected chi connectivity index (χ2v) is 4.91. The number of halogens is 1. The molecule has 3 rings (SSSR count). The minimum Gasteiger partial charge on any atom is -0.357 e. The van der Waals surface area contributed by atoms with Crippen molar-refractivity contribution in [2.24, 2.45) is 0 Å². The van der Waals surface area contributed by atoms with Gasteiger partial charge in [-0.2, -0.15) is 4.98 Å². The van der Waals surface area contributed by atoms with Crippen molar-refractivity contribution in [1.82, 2.24) is 9.97 Å². The van der Waals surface area contributed by atoms with Gasteiger partial charge in [0.05, 0.1) is 6.20 Å². The van der Waals surface area contributed by atoms with E-state index in [9.17, 15) is 0 Å². The molecule has 2 aromatic rings. The quantitative estimate of drug-likeness (QED) is 0.913. The molecule has 1 aromatic carbocycles. The summed E-state index contributed by atoms with van der Waals surface area (Å²) >= 11 is 6.26. The van der Waals surface area contributed by atoms with E-state index in [1.54, 1.807) is 13.2 Å². The van der Waals surface area contributed by atoms with Crippen LogP contribution in [0.2, 0.25) is 5.02 Å². The first-order valence-electron chi connectivity index (χ1n) is 6.35. The van der Waals surface area contributed by atoms with E-state index in [0.29, 0.717) is 11.0 Å². The second kappa shape index (κ2) is 5.05. The Balaban J connectivity index is 2.08. The molecular weight excluding hydrogens is 260 g/mol. The molecule has 4 nitrogen and oxygen atoms in total. The average Bonchev–Trinajstić information content (AvgIpc) is 2.47. The highest BCUT2D eigenvalue weighted by molar-refractivity contribution is 6.33. The number of fused-ring (bicyclic) bond motifs is 1. The Bertz CT molecular complexity index is 600. The lowest BCUT2D eigenvalue weighted by atomic mass is 10.0. The summed E-state index contributed by atoms with van der Waals surface area (Å²) in [5.74, 6) is 1.36. The number of nitrogens with zero attached hydrogens (tertiary/aromatic N) is 3. The molecule has 98 valence electrons. The number of nitrogens with one attached hydrogen (secondary N) is 1. The van der Waals surface area contributed by atoms with Gasteiger partial charge in [-0.25, -0.2) is 4.98 Å². The van der Waals surface area contributed by atoms with E-state index >= 15 is 0 Å². The van der Waals surface area contributed by atoms with Crippen LogP contribution in [0.5, 0.6) is 0 Å². The van der Waals surface area contributed by atoms with Crippen molar-refractivity contribution in [3.63, 3.8) is 0 Å². The molecule has 0 atom stereocenters. The summed E-state index contributed by atoms with van der Waals surface area (Å²) < 4.78 is 0. The minimum absolute atomic E-state index is 0.579. The fraction of sp³-hybridized carbons (Fsp3) is 0.286. The Kier molecular flexibility index (Phi) is 3.25. The molecule has 19 heavy (non-hydrogen) atoms. The van der Waals surface area contributed by atoms with Crippen LogP contribution in [0.15, 0.2) is 30.5 Å². The lowest BCUT2D eigenvalue weighted by Gasteiger charge is -2.30. The van der Waals surface area contributed by atoms with Crippen molar-refractivity contribution < 1.29 is 0 Å². The largest absolute Gasteiger partial charge is 0.357 e. The van der Waals surface area contributed by atoms with Gasteiger partial charge in [-0.3, -0.25) is 0 Å². The van der Waals surface area contributed by atoms with E-state index < -0.39 is 0 Å². The van der Waals surface area contributed by atoms with E-state index in [1.165, 1.54) is 11.3 Å². The summed E-state index contributed by atoms with van der Waals surface area (Å²) in [5, 5.41) is 3.53. The number of hydrogen-bond acceptors (Lipinski definition) is 4. The summed E-state index contributed by atoms with van der Waals surface area (Å²) in [6.07, 6.45) is 3.85. The molecule has 0 amide bonds. The third-order valence-corrected chi connectivity index (χ3v) is 3.58. The molecule has 1 N–H and O–H groups in total. The standard InChI is InChI=1S/C14H15ClN4/c1-16-14-17-9-11(15)13(18-14)19-8-4-6-10-5-2-3-7-12(10)19/h2-3,5,7,9H,4,6,8H2,1H3,(H,16,17,18). The molecule has 0 bridgehead atoms. The number of rotatable bonds is 2. The molecule has 0 unspecified atom stereocenters. The smallest absolute Gasteiger partial charge is 0.224 e. The predicted molar refractivity (Wildman–Crippen MR) is 78.4 cm³/mol. The molecule has 0 spiro atoms. The molecule has 1 aliphatic heterocycles. The molecule has 5 heteroatoms. The number of hydrogen-bond donors (Lipinski definition) is 1. The summed E-state index contributed by atoms with van der Waals surface area (Å²) in [6, 6.07) is 8.40. The zero-order chi connectivity index (χ0) is 13.2. The third kappa shape index (κ3) is 2.24. The molecule has 0 fully saturated rings. The lowest BCUT2D eigenvalue weighted by Crippen LogP contribution is -2.25. The first-order chi connectivity index (χ1) is 9.29. The SMILES string of the molecule is CNc1ncc(Cl)c(N2CCCc3ccccc32)n1. The van der Waals surface area contributed by atoms with Crippen molar-refractivity contribution in [3.8, 4) is 0 Å². The van der Waals surface area contributed by atoms with Crippen molar-refractivity contribution in [1.29, 1.82) is 0 Å². The van der Waals surface area contributed by atoms with Gasteiger partial charge in [0.2, 0.25) is 5.95 Å². The van der Waals surface area contributed by atoms with Crippen LogP contribution in [0.25, 0.3) is 0 Å². The van der Waals surface area contributed by atoms with E-state index in [4.69, 9.17) is 11.6 Å². The molecular formula is C14H15ClN4. The van der Waals surface area contributed by atoms with Crippen LogP contribution in [0.4, 0.5) is 17.5 Å². The molecule has 0 radical (unpaired) electrons. The van der Waals surface area contributed by atoms with E-state index in [-0.39, 0.29) is 0 Å². The lowest BCUT2D eigenvalue weighted by molar-refractivity contribution is 0.759. The van der Waals surface area contributed by atoms with Gasteiger partial charge in [-0.1, -0.05) is 29.8 Å². The predicted octanol–water partition coefficient (Wildman–Crippen LogP) is 3.26. The van der Waals surface area contributed by atoms with Gasteiger partial charge < -0.3 is 10.2 Å². The van der Waals surface area contributed by atoms with Crippen molar-refractivity contribution in [3.05, 3.63) is 41.0 Å². The van der Waals surface area contributed by atoms with Crippen LogP contribution in [0.3, 0.4) is 0 Å². The first-order valence-corrected chi connectivity index (χ1v) is 6.73. The van der Waals surface area contributed by atoms with Crippen LogP contribution >= 0.6 is 11.6 Å². The van der Waals surface area contributed by atoms with E-state index in [2.05, 4.69) is 38.4 Å². The van der Waals surface area contributed by atoms with Gasteiger partial charge in [-0.05, 0) is 24.5 Å². The van der Waals surface area contributed by atoms with Gasteiger partial charge in [0.25, 0.3) is 0 Å². The number of para-hydroxylation sites is 1. The number of anilines is 3. The fourth-order valence-electron chi connectivity index (χ4n) is 2.42. The van der Waals surface area contributed by atoms with Gasteiger partial charge in [-0.15, -0.1) is 0 Å². The highest BCUT2D eigenvalue weighted by Crippen LogP contribution is 2.35. The summed E-state index contributed by atoms with van der Waals surface area (Å²) in [5.41, 5.74) is 2.53. The molecule has 2 heterocycles. The summed E-state index contributed by atoms with van der Waals surface area (Å²) in [6.45, 7) is 0.927. The Morgan fingerprint density at radius 3 is 3.00 bits per heavy atom. The molecule has 0 saturated carbocycles. The second-order valence-electron chi connectivity index (χ2n) is 4.50. The number of benzene rings is 1. The maximum Gasteiger partial charge on any atom is 0.224 e. The monoisotopic (exact) mass is 274 g/mol. The maximum absolute atomic E-state index is 6.26. The molecule has 1 aliphatic rings. The van der Waals surface area contributed by atoms with Gasteiger partial charge in [0, 0.05) is 19.3 Å². The summed E-state index contributed by atoms with van der Waals surface area (Å²) in [4.78, 5) is 10.8. The summed E-state index contributed by atoms with van der Waals surface area (Å²) in [7, 11) is 1.80. The minimum atomic E-state index is 0.579. The van der Waals surface area contributed by atoms with E-state index in [0.717, 1.165) is 25.2 Å². The zero-order valence-corrected chi connectivity index (χ0v) is 11.5. The Morgan fingerprint density at radius 2 is 2.16 bits per heavy atom. The molecule has 0 saturated heterocycles.